The van der Waals surface area contributed by atoms with Crippen molar-refractivity contribution in [3.8, 4) is 5.75 Å². The molecule has 0 saturated heterocycles. The van der Waals surface area contributed by atoms with E-state index in [1.54, 1.807) is 19.3 Å². The molecule has 0 aliphatic rings. The van der Waals surface area contributed by atoms with E-state index in [4.69, 9.17) is 6.11 Å². The van der Waals surface area contributed by atoms with Gasteiger partial charge in [0, 0.05) is 0 Å². The maximum Gasteiger partial charge on any atom is 0.118 e. The average molecular weight is 161 g/mol. The van der Waals surface area contributed by atoms with Gasteiger partial charge in [-0.3, -0.25) is 0 Å². The summed E-state index contributed by atoms with van der Waals surface area (Å²) in [5.41, 5.74) is 0.862. The Bertz CT molecular complexity index is 311. The second kappa shape index (κ2) is 4.39. The van der Waals surface area contributed by atoms with Crippen LogP contribution in [0.2, 0.25) is 0 Å². The van der Waals surface area contributed by atoms with Crippen molar-refractivity contribution >= 4 is 6.05 Å². The lowest BCUT2D eigenvalue weighted by Gasteiger charge is -1.98. The molecule has 0 aliphatic heterocycles. The standard InChI is InChI=1S/C11H12O/c1-3-4-5-10-6-8-11(12-2)9-7-10/h3-9H,1H2,2H3/b5-4+/i5D. The molecule has 0 aliphatic carbocycles. The summed E-state index contributed by atoms with van der Waals surface area (Å²) in [4.78, 5) is 0. The average Bonchev–Trinajstić information content (AvgIpc) is 2.18. The third kappa shape index (κ3) is 2.27. The highest BCUT2D eigenvalue weighted by atomic mass is 16.5. The van der Waals surface area contributed by atoms with Crippen LogP contribution in [0.15, 0.2) is 43.0 Å². The smallest absolute Gasteiger partial charge is 0.118 e. The normalized spacial score (nSPS) is 12.1. The van der Waals surface area contributed by atoms with E-state index in [9.17, 15) is 0 Å². The molecule has 0 bridgehead atoms. The van der Waals surface area contributed by atoms with E-state index in [-0.39, 0.29) is 0 Å². The first-order chi connectivity index (χ1) is 6.27. The minimum Gasteiger partial charge on any atom is -0.497 e. The van der Waals surface area contributed by atoms with Gasteiger partial charge in [0.25, 0.3) is 0 Å². The Morgan fingerprint density at radius 1 is 1.42 bits per heavy atom. The van der Waals surface area contributed by atoms with Crippen LogP contribution in [0.1, 0.15) is 6.93 Å². The fourth-order valence-corrected chi connectivity index (χ4v) is 0.842. The first kappa shape index (κ1) is 7.17. The zero-order valence-electron chi connectivity index (χ0n) is 8.08. The molecule has 1 nitrogen and oxygen atoms in total. The lowest BCUT2D eigenvalue weighted by molar-refractivity contribution is 0.415. The summed E-state index contributed by atoms with van der Waals surface area (Å²) in [7, 11) is 1.62. The number of benzene rings is 1. The predicted octanol–water partition coefficient (Wildman–Crippen LogP) is 2.89. The minimum atomic E-state index is 0.456. The van der Waals surface area contributed by atoms with Gasteiger partial charge in [-0.1, -0.05) is 36.9 Å². The van der Waals surface area contributed by atoms with E-state index in [2.05, 4.69) is 6.58 Å². The molecule has 0 aromatic heterocycles. The Hall–Kier alpha value is -1.50. The largest absolute Gasteiger partial charge is 0.497 e. The van der Waals surface area contributed by atoms with Gasteiger partial charge in [0.1, 0.15) is 5.75 Å². The molecule has 0 unspecified atom stereocenters. The highest BCUT2D eigenvalue weighted by Crippen LogP contribution is 2.11. The summed E-state index contributed by atoms with van der Waals surface area (Å²) in [5.74, 6) is 0.801. The zero-order chi connectivity index (χ0) is 9.68. The summed E-state index contributed by atoms with van der Waals surface area (Å²) in [6.45, 7) is 3.54. The van der Waals surface area contributed by atoms with Gasteiger partial charge in [-0.15, -0.1) is 0 Å². The van der Waals surface area contributed by atoms with Crippen molar-refractivity contribution in [1.29, 1.82) is 0 Å². The molecule has 62 valence electrons. The Kier molecular flexibility index (Phi) is 2.62. The fourth-order valence-electron chi connectivity index (χ4n) is 0.842. The van der Waals surface area contributed by atoms with Crippen LogP contribution >= 0.6 is 0 Å². The van der Waals surface area contributed by atoms with Gasteiger partial charge < -0.3 is 4.74 Å². The number of hydrogen-bond donors (Lipinski definition) is 0. The van der Waals surface area contributed by atoms with Crippen molar-refractivity contribution in [2.24, 2.45) is 0 Å². The van der Waals surface area contributed by atoms with Gasteiger partial charge in [-0.2, -0.15) is 0 Å². The van der Waals surface area contributed by atoms with Gasteiger partial charge in [0.05, 0.1) is 8.48 Å². The summed E-state index contributed by atoms with van der Waals surface area (Å²) in [6, 6.07) is 7.82. The maximum absolute atomic E-state index is 7.59. The highest BCUT2D eigenvalue weighted by Gasteiger charge is 1.88. The van der Waals surface area contributed by atoms with Crippen LogP contribution in [-0.4, -0.2) is 7.11 Å². The van der Waals surface area contributed by atoms with Crippen molar-refractivity contribution in [2.75, 3.05) is 7.11 Å². The molecule has 0 amide bonds. The van der Waals surface area contributed by atoms with Crippen molar-refractivity contribution in [3.05, 3.63) is 48.6 Å². The molecular weight excluding hydrogens is 148 g/mol. The van der Waals surface area contributed by atoms with E-state index in [1.165, 1.54) is 0 Å². The second-order valence-electron chi connectivity index (χ2n) is 2.28. The number of rotatable bonds is 3. The van der Waals surface area contributed by atoms with Crippen LogP contribution in [0.4, 0.5) is 0 Å². The summed E-state index contributed by atoms with van der Waals surface area (Å²) >= 11 is 0. The topological polar surface area (TPSA) is 9.23 Å². The van der Waals surface area contributed by atoms with Gasteiger partial charge in [0.2, 0.25) is 0 Å². The number of hydrogen-bond acceptors (Lipinski definition) is 1. The molecule has 0 atom stereocenters. The number of methoxy groups -OCH3 is 1. The molecule has 1 heteroatoms. The van der Waals surface area contributed by atoms with Crippen molar-refractivity contribution in [1.82, 2.24) is 0 Å². The van der Waals surface area contributed by atoms with E-state index >= 15 is 0 Å². The Labute approximate surface area is 74.4 Å². The molecular formula is C11H12O. The molecule has 0 heterocycles. The number of ether oxygens (including phenoxy) is 1. The van der Waals surface area contributed by atoms with Crippen LogP contribution < -0.4 is 4.74 Å². The van der Waals surface area contributed by atoms with E-state index in [0.717, 1.165) is 11.3 Å². The monoisotopic (exact) mass is 161 g/mol. The minimum absolute atomic E-state index is 0.456. The van der Waals surface area contributed by atoms with Crippen LogP contribution in [-0.2, 0) is 0 Å². The second-order valence-corrected chi connectivity index (χ2v) is 2.28. The summed E-state index contributed by atoms with van der Waals surface area (Å²) in [5, 5.41) is 0. The lowest BCUT2D eigenvalue weighted by Crippen LogP contribution is -1.80. The van der Waals surface area contributed by atoms with Gasteiger partial charge in [0.15, 0.2) is 0 Å². The highest BCUT2D eigenvalue weighted by molar-refractivity contribution is 5.51. The Morgan fingerprint density at radius 2 is 2.08 bits per heavy atom. The third-order valence-electron chi connectivity index (χ3n) is 1.46. The summed E-state index contributed by atoms with van der Waals surface area (Å²) in [6.07, 6.45) is 3.26. The SMILES string of the molecule is [2H]/C(=C\C=C)c1ccc(OC)cc1. The van der Waals surface area contributed by atoms with Crippen LogP contribution in [0.3, 0.4) is 0 Å². The molecule has 0 fully saturated rings. The fraction of sp³-hybridized carbons (Fsp3) is 0.0909. The van der Waals surface area contributed by atoms with Gasteiger partial charge in [-0.25, -0.2) is 0 Å². The molecule has 0 saturated carbocycles. The quantitative estimate of drug-likeness (QED) is 0.619. The van der Waals surface area contributed by atoms with E-state index < -0.39 is 0 Å². The zero-order valence-corrected chi connectivity index (χ0v) is 7.08. The van der Waals surface area contributed by atoms with Gasteiger partial charge >= 0.3 is 0 Å². The summed E-state index contributed by atoms with van der Waals surface area (Å²) < 4.78 is 12.6. The van der Waals surface area contributed by atoms with E-state index in [0.29, 0.717) is 6.05 Å². The molecule has 1 aromatic rings. The van der Waals surface area contributed by atoms with Crippen molar-refractivity contribution in [3.63, 3.8) is 0 Å². The first-order valence-electron chi connectivity index (χ1n) is 4.21. The molecule has 0 N–H and O–H groups in total. The van der Waals surface area contributed by atoms with Crippen molar-refractivity contribution < 1.29 is 6.11 Å². The molecule has 1 aromatic carbocycles. The molecule has 0 spiro atoms. The van der Waals surface area contributed by atoms with Crippen LogP contribution in [0, 0.1) is 0 Å². The lowest BCUT2D eigenvalue weighted by atomic mass is 10.2. The molecule has 0 radical (unpaired) electrons. The van der Waals surface area contributed by atoms with Crippen molar-refractivity contribution in [2.45, 2.75) is 0 Å². The van der Waals surface area contributed by atoms with Crippen LogP contribution in [0.25, 0.3) is 6.05 Å². The maximum atomic E-state index is 7.59. The van der Waals surface area contributed by atoms with Gasteiger partial charge in [-0.05, 0) is 17.7 Å². The molecule has 1 rings (SSSR count). The Balaban J connectivity index is 2.91. The van der Waals surface area contributed by atoms with E-state index in [1.807, 2.05) is 24.3 Å². The molecule has 12 heavy (non-hydrogen) atoms. The number of allylic oxidation sites excluding steroid dienone is 2. The first-order valence-corrected chi connectivity index (χ1v) is 3.71. The van der Waals surface area contributed by atoms with Crippen LogP contribution in [0.5, 0.6) is 5.75 Å². The third-order valence-corrected chi connectivity index (χ3v) is 1.46. The Morgan fingerprint density at radius 3 is 2.58 bits per heavy atom. The predicted molar refractivity (Wildman–Crippen MR) is 52.2 cm³/mol.